The minimum atomic E-state index is -0.124. The molecule has 0 aromatic heterocycles. The number of piperidine rings is 1. The quantitative estimate of drug-likeness (QED) is 0.767. The number of rotatable bonds is 6. The van der Waals surface area contributed by atoms with Crippen molar-refractivity contribution in [2.24, 2.45) is 0 Å². The number of likely N-dealkylation sites (tertiary alicyclic amines) is 1. The Morgan fingerprint density at radius 1 is 1.43 bits per heavy atom. The van der Waals surface area contributed by atoms with Gasteiger partial charge in [0, 0.05) is 23.1 Å². The predicted octanol–water partition coefficient (Wildman–Crippen LogP) is 3.00. The molecule has 23 heavy (non-hydrogen) atoms. The number of esters is 1. The van der Waals surface area contributed by atoms with Gasteiger partial charge in [0.15, 0.2) is 0 Å². The van der Waals surface area contributed by atoms with Crippen LogP contribution in [-0.4, -0.2) is 49.7 Å². The Labute approximate surface area is 147 Å². The van der Waals surface area contributed by atoms with Crippen LogP contribution >= 0.6 is 15.9 Å². The van der Waals surface area contributed by atoms with E-state index in [1.165, 1.54) is 12.7 Å². The SMILES string of the molecule is COC(=O)[C@@H]1C[C@@H](N[C@H](C)CCc2ccc(Br)cc2)CCN1C. The van der Waals surface area contributed by atoms with Crippen LogP contribution in [0.4, 0.5) is 0 Å². The molecule has 128 valence electrons. The fourth-order valence-electron chi connectivity index (χ4n) is 3.17. The van der Waals surface area contributed by atoms with Gasteiger partial charge in [-0.15, -0.1) is 0 Å². The largest absolute Gasteiger partial charge is 0.468 e. The highest BCUT2D eigenvalue weighted by molar-refractivity contribution is 9.10. The summed E-state index contributed by atoms with van der Waals surface area (Å²) in [6.07, 6.45) is 4.06. The highest BCUT2D eigenvalue weighted by atomic mass is 79.9. The molecule has 1 aromatic carbocycles. The first-order valence-corrected chi connectivity index (χ1v) is 9.07. The van der Waals surface area contributed by atoms with Gasteiger partial charge in [0.2, 0.25) is 0 Å². The summed E-state index contributed by atoms with van der Waals surface area (Å²) in [6, 6.07) is 9.21. The standard InChI is InChI=1S/C18H27BrN2O2/c1-13(4-5-14-6-8-15(19)9-7-14)20-16-10-11-21(2)17(12-16)18(22)23-3/h6-9,13,16-17,20H,4-5,10-12H2,1-3H3/t13-,16+,17+/m1/s1. The number of aryl methyl sites for hydroxylation is 1. The zero-order valence-corrected chi connectivity index (χ0v) is 15.8. The number of nitrogens with zero attached hydrogens (tertiary/aromatic N) is 1. The van der Waals surface area contributed by atoms with Crippen molar-refractivity contribution in [2.75, 3.05) is 20.7 Å². The number of carbonyl (C=O) groups is 1. The van der Waals surface area contributed by atoms with Crippen LogP contribution in [-0.2, 0) is 16.0 Å². The number of nitrogens with one attached hydrogen (secondary N) is 1. The summed E-state index contributed by atoms with van der Waals surface area (Å²) in [5.41, 5.74) is 1.36. The normalized spacial score (nSPS) is 23.5. The first-order valence-electron chi connectivity index (χ1n) is 8.28. The third-order valence-electron chi connectivity index (χ3n) is 4.64. The van der Waals surface area contributed by atoms with Gasteiger partial charge in [-0.3, -0.25) is 9.69 Å². The molecule has 1 aliphatic rings. The average Bonchev–Trinajstić information content (AvgIpc) is 2.55. The van der Waals surface area contributed by atoms with Crippen molar-refractivity contribution in [1.82, 2.24) is 10.2 Å². The first kappa shape index (κ1) is 18.4. The predicted molar refractivity (Wildman–Crippen MR) is 96.5 cm³/mol. The van der Waals surface area contributed by atoms with Crippen LogP contribution in [0.2, 0.25) is 0 Å². The highest BCUT2D eigenvalue weighted by Gasteiger charge is 2.32. The molecule has 1 saturated heterocycles. The molecular weight excluding hydrogens is 356 g/mol. The molecule has 3 atom stereocenters. The molecule has 0 radical (unpaired) electrons. The van der Waals surface area contributed by atoms with E-state index in [1.807, 2.05) is 7.05 Å². The fraction of sp³-hybridized carbons (Fsp3) is 0.611. The second kappa shape index (κ2) is 8.81. The molecule has 1 fully saturated rings. The van der Waals surface area contributed by atoms with Gasteiger partial charge in [-0.1, -0.05) is 28.1 Å². The summed E-state index contributed by atoms with van der Waals surface area (Å²) in [7, 11) is 3.46. The lowest BCUT2D eigenvalue weighted by Gasteiger charge is -2.36. The number of benzene rings is 1. The number of carbonyl (C=O) groups excluding carboxylic acids is 1. The van der Waals surface area contributed by atoms with E-state index in [0.29, 0.717) is 12.1 Å². The lowest BCUT2D eigenvalue weighted by molar-refractivity contribution is -0.148. The highest BCUT2D eigenvalue weighted by Crippen LogP contribution is 2.18. The maximum atomic E-state index is 11.9. The molecule has 0 spiro atoms. The molecular formula is C18H27BrN2O2. The zero-order valence-electron chi connectivity index (χ0n) is 14.2. The van der Waals surface area contributed by atoms with E-state index in [2.05, 4.69) is 57.3 Å². The average molecular weight is 383 g/mol. The second-order valence-corrected chi connectivity index (χ2v) is 7.39. The molecule has 0 bridgehead atoms. The lowest BCUT2D eigenvalue weighted by atomic mass is 9.96. The van der Waals surface area contributed by atoms with Gasteiger partial charge in [-0.2, -0.15) is 0 Å². The van der Waals surface area contributed by atoms with E-state index < -0.39 is 0 Å². The maximum absolute atomic E-state index is 11.9. The molecule has 0 amide bonds. The van der Waals surface area contributed by atoms with Crippen molar-refractivity contribution in [3.05, 3.63) is 34.3 Å². The van der Waals surface area contributed by atoms with Gasteiger partial charge in [0.05, 0.1) is 7.11 Å². The van der Waals surface area contributed by atoms with Gasteiger partial charge < -0.3 is 10.1 Å². The summed E-state index contributed by atoms with van der Waals surface area (Å²) in [5.74, 6) is -0.124. The van der Waals surface area contributed by atoms with E-state index in [0.717, 1.165) is 36.7 Å². The number of likely N-dealkylation sites (N-methyl/N-ethyl adjacent to an activating group) is 1. The van der Waals surface area contributed by atoms with E-state index in [4.69, 9.17) is 4.74 Å². The van der Waals surface area contributed by atoms with Crippen molar-refractivity contribution >= 4 is 21.9 Å². The number of hydrogen-bond donors (Lipinski definition) is 1. The lowest BCUT2D eigenvalue weighted by Crippen LogP contribution is -2.52. The fourth-order valence-corrected chi connectivity index (χ4v) is 3.43. The van der Waals surface area contributed by atoms with Gasteiger partial charge in [0.1, 0.15) is 6.04 Å². The Balaban J connectivity index is 1.79. The van der Waals surface area contributed by atoms with Crippen LogP contribution in [0.5, 0.6) is 0 Å². The van der Waals surface area contributed by atoms with Crippen LogP contribution in [0.1, 0.15) is 31.7 Å². The minimum Gasteiger partial charge on any atom is -0.468 e. The molecule has 4 nitrogen and oxygen atoms in total. The van der Waals surface area contributed by atoms with E-state index in [9.17, 15) is 4.79 Å². The number of hydrogen-bond acceptors (Lipinski definition) is 4. The Morgan fingerprint density at radius 2 is 2.13 bits per heavy atom. The molecule has 0 saturated carbocycles. The Bertz CT molecular complexity index is 506. The summed E-state index contributed by atoms with van der Waals surface area (Å²) < 4.78 is 6.03. The van der Waals surface area contributed by atoms with Crippen molar-refractivity contribution in [3.8, 4) is 0 Å². The first-order chi connectivity index (χ1) is 11.0. The molecule has 1 heterocycles. The number of ether oxygens (including phenoxy) is 1. The monoisotopic (exact) mass is 382 g/mol. The van der Waals surface area contributed by atoms with E-state index in [-0.39, 0.29) is 12.0 Å². The van der Waals surface area contributed by atoms with Crippen molar-refractivity contribution in [2.45, 2.75) is 50.7 Å². The van der Waals surface area contributed by atoms with Crippen molar-refractivity contribution in [3.63, 3.8) is 0 Å². The van der Waals surface area contributed by atoms with Crippen LogP contribution in [0, 0.1) is 0 Å². The summed E-state index contributed by atoms with van der Waals surface area (Å²) in [5, 5.41) is 3.69. The molecule has 1 N–H and O–H groups in total. The van der Waals surface area contributed by atoms with Gasteiger partial charge >= 0.3 is 5.97 Å². The number of halogens is 1. The minimum absolute atomic E-state index is 0.120. The maximum Gasteiger partial charge on any atom is 0.323 e. The van der Waals surface area contributed by atoms with Crippen molar-refractivity contribution < 1.29 is 9.53 Å². The second-order valence-electron chi connectivity index (χ2n) is 6.47. The molecule has 0 aliphatic carbocycles. The molecule has 1 aliphatic heterocycles. The van der Waals surface area contributed by atoms with Crippen LogP contribution in [0.3, 0.4) is 0 Å². The molecule has 1 aromatic rings. The van der Waals surface area contributed by atoms with Gasteiger partial charge in [-0.05, 0) is 57.4 Å². The van der Waals surface area contributed by atoms with Crippen LogP contribution < -0.4 is 5.32 Å². The summed E-state index contributed by atoms with van der Waals surface area (Å²) in [4.78, 5) is 13.9. The summed E-state index contributed by atoms with van der Waals surface area (Å²) in [6.45, 7) is 3.15. The Hall–Kier alpha value is -0.910. The smallest absolute Gasteiger partial charge is 0.323 e. The van der Waals surface area contributed by atoms with E-state index in [1.54, 1.807) is 0 Å². The molecule has 5 heteroatoms. The van der Waals surface area contributed by atoms with Crippen LogP contribution in [0.25, 0.3) is 0 Å². The summed E-state index contributed by atoms with van der Waals surface area (Å²) >= 11 is 3.47. The van der Waals surface area contributed by atoms with Gasteiger partial charge in [-0.25, -0.2) is 0 Å². The van der Waals surface area contributed by atoms with Gasteiger partial charge in [0.25, 0.3) is 0 Å². The third kappa shape index (κ3) is 5.59. The topological polar surface area (TPSA) is 41.6 Å². The molecule has 2 rings (SSSR count). The zero-order chi connectivity index (χ0) is 16.8. The number of methoxy groups -OCH3 is 1. The van der Waals surface area contributed by atoms with E-state index >= 15 is 0 Å². The Kier molecular flexibility index (Phi) is 7.06. The Morgan fingerprint density at radius 3 is 2.78 bits per heavy atom. The third-order valence-corrected chi connectivity index (χ3v) is 5.17. The van der Waals surface area contributed by atoms with Crippen molar-refractivity contribution in [1.29, 1.82) is 0 Å². The van der Waals surface area contributed by atoms with Crippen LogP contribution in [0.15, 0.2) is 28.7 Å². The molecule has 0 unspecified atom stereocenters.